The van der Waals surface area contributed by atoms with Crippen molar-refractivity contribution in [2.45, 2.75) is 32.2 Å². The van der Waals surface area contributed by atoms with E-state index in [0.29, 0.717) is 19.0 Å². The summed E-state index contributed by atoms with van der Waals surface area (Å²) in [5.41, 5.74) is 5.07. The Morgan fingerprint density at radius 3 is 2.48 bits per heavy atom. The second-order valence-electron chi connectivity index (χ2n) is 7.89. The Kier molecular flexibility index (Phi) is 5.40. The summed E-state index contributed by atoms with van der Waals surface area (Å²) in [6, 6.07) is 16.7. The number of rotatable bonds is 5. The van der Waals surface area contributed by atoms with Crippen molar-refractivity contribution in [3.63, 3.8) is 0 Å². The number of methoxy groups -OCH3 is 1. The third-order valence-electron chi connectivity index (χ3n) is 6.09. The summed E-state index contributed by atoms with van der Waals surface area (Å²) in [4.78, 5) is 0. The molecule has 1 aliphatic rings. The topological polar surface area (TPSA) is 51.5 Å². The van der Waals surface area contributed by atoms with E-state index in [1.54, 1.807) is 11.4 Å². The largest absolute Gasteiger partial charge is 0.497 e. The van der Waals surface area contributed by atoms with Crippen molar-refractivity contribution in [1.29, 1.82) is 0 Å². The van der Waals surface area contributed by atoms with E-state index in [2.05, 4.69) is 47.9 Å². The third kappa shape index (κ3) is 3.91. The maximum atomic E-state index is 11.9. The minimum absolute atomic E-state index is 0.379. The molecule has 0 N–H and O–H groups in total. The van der Waals surface area contributed by atoms with E-state index < -0.39 is 10.0 Å². The molecule has 0 bridgehead atoms. The highest BCUT2D eigenvalue weighted by Gasteiger charge is 2.29. The molecule has 4 rings (SSSR count). The summed E-state index contributed by atoms with van der Waals surface area (Å²) in [6.45, 7) is 4.17. The first-order valence-corrected chi connectivity index (χ1v) is 11.9. The van der Waals surface area contributed by atoms with E-state index in [1.165, 1.54) is 34.0 Å². The predicted molar refractivity (Wildman–Crippen MR) is 117 cm³/mol. The highest BCUT2D eigenvalue weighted by atomic mass is 32.2. The van der Waals surface area contributed by atoms with Gasteiger partial charge in [-0.3, -0.25) is 0 Å². The van der Waals surface area contributed by atoms with Crippen molar-refractivity contribution < 1.29 is 13.2 Å². The fourth-order valence-electron chi connectivity index (χ4n) is 4.61. The normalized spacial score (nSPS) is 16.4. The molecule has 0 unspecified atom stereocenters. The number of ether oxygens (including phenoxy) is 1. The van der Waals surface area contributed by atoms with E-state index in [1.807, 2.05) is 12.1 Å². The van der Waals surface area contributed by atoms with Crippen LogP contribution in [0.15, 0.2) is 48.5 Å². The summed E-state index contributed by atoms with van der Waals surface area (Å²) in [7, 11) is -1.42. The van der Waals surface area contributed by atoms with E-state index in [9.17, 15) is 8.42 Å². The van der Waals surface area contributed by atoms with Gasteiger partial charge in [0.1, 0.15) is 5.75 Å². The molecule has 2 heterocycles. The van der Waals surface area contributed by atoms with Gasteiger partial charge < -0.3 is 9.30 Å². The fraction of sp³-hybridized carbons (Fsp3) is 0.391. The molecular formula is C23H28N2O3S. The lowest BCUT2D eigenvalue weighted by Gasteiger charge is -2.30. The van der Waals surface area contributed by atoms with Crippen LogP contribution in [0.5, 0.6) is 5.75 Å². The Labute approximate surface area is 173 Å². The average molecular weight is 413 g/mol. The van der Waals surface area contributed by atoms with Gasteiger partial charge in [-0.25, -0.2) is 12.7 Å². The van der Waals surface area contributed by atoms with Crippen molar-refractivity contribution in [3.8, 4) is 5.75 Å². The lowest BCUT2D eigenvalue weighted by molar-refractivity contribution is 0.321. The van der Waals surface area contributed by atoms with Gasteiger partial charge in [-0.1, -0.05) is 30.3 Å². The maximum Gasteiger partial charge on any atom is 0.211 e. The Morgan fingerprint density at radius 1 is 1.07 bits per heavy atom. The maximum absolute atomic E-state index is 11.9. The van der Waals surface area contributed by atoms with E-state index in [-0.39, 0.29) is 0 Å². The van der Waals surface area contributed by atoms with Crippen LogP contribution >= 0.6 is 0 Å². The van der Waals surface area contributed by atoms with Gasteiger partial charge in [0.05, 0.1) is 13.4 Å². The third-order valence-corrected chi connectivity index (χ3v) is 7.39. The molecule has 29 heavy (non-hydrogen) atoms. The fourth-order valence-corrected chi connectivity index (χ4v) is 5.48. The summed E-state index contributed by atoms with van der Waals surface area (Å²) in [6.07, 6.45) is 3.03. The van der Waals surface area contributed by atoms with Crippen molar-refractivity contribution in [3.05, 3.63) is 65.4 Å². The van der Waals surface area contributed by atoms with Gasteiger partial charge in [0, 0.05) is 36.2 Å². The van der Waals surface area contributed by atoms with Crippen molar-refractivity contribution in [2.24, 2.45) is 0 Å². The molecule has 6 heteroatoms. The monoisotopic (exact) mass is 412 g/mol. The van der Waals surface area contributed by atoms with Crippen LogP contribution in [0.2, 0.25) is 0 Å². The first-order chi connectivity index (χ1) is 13.9. The van der Waals surface area contributed by atoms with Crippen molar-refractivity contribution >= 4 is 20.9 Å². The summed E-state index contributed by atoms with van der Waals surface area (Å²) in [5.74, 6) is 1.24. The zero-order valence-electron chi connectivity index (χ0n) is 17.3. The van der Waals surface area contributed by atoms with Crippen LogP contribution in [0, 0.1) is 6.92 Å². The highest BCUT2D eigenvalue weighted by Crippen LogP contribution is 2.38. The molecule has 0 spiro atoms. The lowest BCUT2D eigenvalue weighted by atomic mass is 9.88. The van der Waals surface area contributed by atoms with Gasteiger partial charge >= 0.3 is 0 Å². The minimum Gasteiger partial charge on any atom is -0.497 e. The molecule has 1 aliphatic heterocycles. The number of para-hydroxylation sites is 1. The number of hydrogen-bond donors (Lipinski definition) is 0. The molecule has 154 valence electrons. The lowest BCUT2D eigenvalue weighted by Crippen LogP contribution is -2.37. The van der Waals surface area contributed by atoms with Crippen LogP contribution in [0.1, 0.15) is 35.6 Å². The van der Waals surface area contributed by atoms with Crippen LogP contribution in [-0.4, -0.2) is 43.7 Å². The first-order valence-electron chi connectivity index (χ1n) is 10.0. The Bertz CT molecular complexity index is 1130. The van der Waals surface area contributed by atoms with Gasteiger partial charge in [-0.2, -0.15) is 0 Å². The Hall–Kier alpha value is -2.31. The number of benzene rings is 2. The molecule has 0 amide bonds. The second kappa shape index (κ2) is 7.84. The first kappa shape index (κ1) is 20.0. The molecular weight excluding hydrogens is 384 g/mol. The standard InChI is InChI=1S/C23H28N2O3S/c1-17-23(19-11-13-24(14-12-19)29(3,26)27)21-9-4-5-10-22(21)25(17)16-18-7-6-8-20(15-18)28-2/h4-10,15,19H,11-14,16H2,1-3H3. The molecule has 3 aromatic rings. The van der Waals surface area contributed by atoms with Crippen molar-refractivity contribution in [1.82, 2.24) is 8.87 Å². The minimum atomic E-state index is -3.11. The quantitative estimate of drug-likeness (QED) is 0.633. The van der Waals surface area contributed by atoms with Gasteiger partial charge in [0.15, 0.2) is 0 Å². The van der Waals surface area contributed by atoms with Crippen molar-refractivity contribution in [2.75, 3.05) is 26.5 Å². The molecule has 0 radical (unpaired) electrons. The molecule has 0 atom stereocenters. The number of piperidine rings is 1. The van der Waals surface area contributed by atoms with E-state index in [0.717, 1.165) is 25.1 Å². The Morgan fingerprint density at radius 2 is 1.79 bits per heavy atom. The average Bonchev–Trinajstić information content (AvgIpc) is 2.99. The molecule has 5 nitrogen and oxygen atoms in total. The van der Waals surface area contributed by atoms with E-state index >= 15 is 0 Å². The molecule has 1 aromatic heterocycles. The van der Waals surface area contributed by atoms with Crippen LogP contribution in [0.3, 0.4) is 0 Å². The zero-order chi connectivity index (χ0) is 20.6. The summed E-state index contributed by atoms with van der Waals surface area (Å²) >= 11 is 0. The van der Waals surface area contributed by atoms with E-state index in [4.69, 9.17) is 4.74 Å². The second-order valence-corrected chi connectivity index (χ2v) is 9.87. The summed E-state index contributed by atoms with van der Waals surface area (Å²) < 4.78 is 33.1. The number of hydrogen-bond acceptors (Lipinski definition) is 3. The van der Waals surface area contributed by atoms with Crippen LogP contribution in [0.4, 0.5) is 0 Å². The van der Waals surface area contributed by atoms with Gasteiger partial charge in [0.25, 0.3) is 0 Å². The summed E-state index contributed by atoms with van der Waals surface area (Å²) in [5, 5.41) is 1.28. The van der Waals surface area contributed by atoms with Gasteiger partial charge in [-0.05, 0) is 55.0 Å². The Balaban J connectivity index is 1.70. The van der Waals surface area contributed by atoms with Crippen LogP contribution in [-0.2, 0) is 16.6 Å². The number of sulfonamides is 1. The van der Waals surface area contributed by atoms with Gasteiger partial charge in [-0.15, -0.1) is 0 Å². The smallest absolute Gasteiger partial charge is 0.211 e. The number of fused-ring (bicyclic) bond motifs is 1. The highest BCUT2D eigenvalue weighted by molar-refractivity contribution is 7.88. The zero-order valence-corrected chi connectivity index (χ0v) is 18.1. The number of nitrogens with zero attached hydrogens (tertiary/aromatic N) is 2. The SMILES string of the molecule is COc1cccc(Cn2c(C)c(C3CCN(S(C)(=O)=O)CC3)c3ccccc32)c1. The predicted octanol–water partition coefficient (Wildman–Crippen LogP) is 4.15. The van der Waals surface area contributed by atoms with Gasteiger partial charge in [0.2, 0.25) is 10.0 Å². The molecule has 0 aliphatic carbocycles. The number of aromatic nitrogens is 1. The van der Waals surface area contributed by atoms with Crippen LogP contribution in [0.25, 0.3) is 10.9 Å². The molecule has 2 aromatic carbocycles. The molecule has 1 saturated heterocycles. The van der Waals surface area contributed by atoms with Crippen LogP contribution < -0.4 is 4.74 Å². The molecule has 1 fully saturated rings. The molecule has 0 saturated carbocycles.